The normalized spacial score (nSPS) is 23.8. The first-order chi connectivity index (χ1) is 17.8. The fraction of sp³-hybridized carbons (Fsp3) is 0.500. The van der Waals surface area contributed by atoms with E-state index in [9.17, 15) is 14.4 Å². The van der Waals surface area contributed by atoms with Gasteiger partial charge in [0, 0.05) is 23.9 Å². The smallest absolute Gasteiger partial charge is 0.270 e. The Morgan fingerprint density at radius 1 is 1.11 bits per heavy atom. The van der Waals surface area contributed by atoms with Gasteiger partial charge in [0.2, 0.25) is 11.8 Å². The van der Waals surface area contributed by atoms with Gasteiger partial charge in [0.25, 0.3) is 5.91 Å². The summed E-state index contributed by atoms with van der Waals surface area (Å²) in [5, 5.41) is 5.81. The van der Waals surface area contributed by atoms with E-state index in [-0.39, 0.29) is 30.2 Å². The summed E-state index contributed by atoms with van der Waals surface area (Å²) in [6.07, 6.45) is 10.3. The summed E-state index contributed by atoms with van der Waals surface area (Å²) in [5.41, 5.74) is 2.16. The summed E-state index contributed by atoms with van der Waals surface area (Å²) in [6, 6.07) is 5.65. The zero-order valence-electron chi connectivity index (χ0n) is 21.3. The minimum absolute atomic E-state index is 0.0134. The predicted octanol–water partition coefficient (Wildman–Crippen LogP) is 3.39. The fourth-order valence-corrected chi connectivity index (χ4v) is 6.48. The van der Waals surface area contributed by atoms with Gasteiger partial charge in [-0.25, -0.2) is 9.97 Å². The molecule has 0 aromatic carbocycles. The Labute approximate surface area is 216 Å². The van der Waals surface area contributed by atoms with Crippen molar-refractivity contribution in [3.63, 3.8) is 0 Å². The highest BCUT2D eigenvalue weighted by molar-refractivity contribution is 6.41. The molecule has 1 saturated carbocycles. The highest BCUT2D eigenvalue weighted by Crippen LogP contribution is 2.46. The average Bonchev–Trinajstić information content (AvgIpc) is 3.38. The van der Waals surface area contributed by atoms with Gasteiger partial charge < -0.3 is 15.5 Å². The van der Waals surface area contributed by atoms with Crippen molar-refractivity contribution in [1.29, 1.82) is 0 Å². The Bertz CT molecular complexity index is 1330. The number of aromatic nitrogens is 2. The molecule has 3 amide bonds. The number of amides is 3. The van der Waals surface area contributed by atoms with Crippen molar-refractivity contribution in [2.24, 2.45) is 10.9 Å². The molecule has 1 atom stereocenters. The van der Waals surface area contributed by atoms with E-state index >= 15 is 0 Å². The molecule has 0 saturated heterocycles. The van der Waals surface area contributed by atoms with Crippen LogP contribution < -0.4 is 10.6 Å². The topological polar surface area (TPSA) is 117 Å². The molecule has 0 unspecified atom stereocenters. The van der Waals surface area contributed by atoms with E-state index < -0.39 is 11.1 Å². The van der Waals surface area contributed by atoms with Crippen molar-refractivity contribution in [2.45, 2.75) is 76.3 Å². The first kappa shape index (κ1) is 23.8. The molecule has 0 bridgehead atoms. The number of hydrogen-bond acceptors (Lipinski definition) is 6. The van der Waals surface area contributed by atoms with E-state index in [1.807, 2.05) is 32.0 Å². The molecule has 0 radical (unpaired) electrons. The van der Waals surface area contributed by atoms with E-state index in [1.165, 1.54) is 0 Å². The Hall–Kier alpha value is -3.62. The van der Waals surface area contributed by atoms with Gasteiger partial charge >= 0.3 is 0 Å². The molecule has 37 heavy (non-hydrogen) atoms. The third-order valence-corrected chi connectivity index (χ3v) is 8.37. The molecular weight excluding hydrogens is 468 g/mol. The third kappa shape index (κ3) is 3.83. The SMILES string of the molecule is CC(C)C1=NC2(CCCCCC2)N(CC(=O)Nc2cc3c(cn2)C[C@]2(C3)C(=O)Nc3ncccc32)C1=O. The molecule has 4 heterocycles. The third-order valence-electron chi connectivity index (χ3n) is 8.37. The lowest BCUT2D eigenvalue weighted by Crippen LogP contribution is -2.50. The number of rotatable bonds is 4. The summed E-state index contributed by atoms with van der Waals surface area (Å²) >= 11 is 0. The van der Waals surface area contributed by atoms with E-state index in [2.05, 4.69) is 20.6 Å². The van der Waals surface area contributed by atoms with Gasteiger partial charge in [-0.05, 0) is 61.8 Å². The lowest BCUT2D eigenvalue weighted by atomic mass is 9.79. The molecule has 2 aliphatic heterocycles. The number of aliphatic imine (C=N–C) groups is 1. The Morgan fingerprint density at radius 3 is 2.62 bits per heavy atom. The molecule has 6 rings (SSSR count). The van der Waals surface area contributed by atoms with Crippen LogP contribution in [0, 0.1) is 5.92 Å². The van der Waals surface area contributed by atoms with Crippen molar-refractivity contribution in [2.75, 3.05) is 17.2 Å². The van der Waals surface area contributed by atoms with Gasteiger partial charge in [-0.2, -0.15) is 0 Å². The second-order valence-electron chi connectivity index (χ2n) is 11.1. The Morgan fingerprint density at radius 2 is 1.86 bits per heavy atom. The molecular formula is C28H32N6O3. The second kappa shape index (κ2) is 8.75. The number of hydrogen-bond donors (Lipinski definition) is 2. The summed E-state index contributed by atoms with van der Waals surface area (Å²) in [6.45, 7) is 3.90. The van der Waals surface area contributed by atoms with Crippen molar-refractivity contribution < 1.29 is 14.4 Å². The molecule has 2 spiro atoms. The average molecular weight is 501 g/mol. The number of nitrogens with one attached hydrogen (secondary N) is 2. The number of carbonyl (C=O) groups is 3. The van der Waals surface area contributed by atoms with Gasteiger partial charge in [0.1, 0.15) is 29.6 Å². The minimum Gasteiger partial charge on any atom is -0.310 e. The van der Waals surface area contributed by atoms with Crippen LogP contribution in [0.5, 0.6) is 0 Å². The molecule has 9 nitrogen and oxygen atoms in total. The molecule has 2 aromatic heterocycles. The monoisotopic (exact) mass is 500 g/mol. The van der Waals surface area contributed by atoms with Crippen molar-refractivity contribution in [1.82, 2.24) is 14.9 Å². The van der Waals surface area contributed by atoms with Crippen LogP contribution in [0.4, 0.5) is 11.6 Å². The quantitative estimate of drug-likeness (QED) is 0.668. The fourth-order valence-electron chi connectivity index (χ4n) is 6.48. The minimum atomic E-state index is -0.686. The zero-order valence-corrected chi connectivity index (χ0v) is 21.3. The van der Waals surface area contributed by atoms with Gasteiger partial charge in [-0.15, -0.1) is 0 Å². The van der Waals surface area contributed by atoms with E-state index in [4.69, 9.17) is 4.99 Å². The van der Waals surface area contributed by atoms with Crippen LogP contribution in [-0.4, -0.2) is 50.5 Å². The molecule has 192 valence electrons. The van der Waals surface area contributed by atoms with Crippen molar-refractivity contribution in [3.05, 3.63) is 47.3 Å². The van der Waals surface area contributed by atoms with Crippen LogP contribution in [0.3, 0.4) is 0 Å². The van der Waals surface area contributed by atoms with E-state index in [1.54, 1.807) is 17.3 Å². The molecule has 2 aliphatic carbocycles. The van der Waals surface area contributed by atoms with Crippen molar-refractivity contribution in [3.8, 4) is 0 Å². The Balaban J connectivity index is 1.20. The number of pyridine rings is 2. The summed E-state index contributed by atoms with van der Waals surface area (Å²) < 4.78 is 0. The molecule has 4 aliphatic rings. The van der Waals surface area contributed by atoms with Crippen LogP contribution in [0.1, 0.15) is 69.1 Å². The van der Waals surface area contributed by atoms with Crippen LogP contribution in [0.15, 0.2) is 35.6 Å². The van der Waals surface area contributed by atoms with Gasteiger partial charge in [0.15, 0.2) is 0 Å². The second-order valence-corrected chi connectivity index (χ2v) is 11.1. The van der Waals surface area contributed by atoms with Gasteiger partial charge in [0.05, 0.1) is 5.41 Å². The molecule has 9 heteroatoms. The van der Waals surface area contributed by atoms with Crippen LogP contribution in [-0.2, 0) is 32.6 Å². The lowest BCUT2D eigenvalue weighted by molar-refractivity contribution is -0.133. The Kier molecular flexibility index (Phi) is 5.62. The standard InChI is InChI=1S/C28H32N6O3/c1-17(2)23-25(36)34(28(33-23)9-5-3-4-6-10-28)16-22(35)31-21-12-18-13-27(14-19(18)15-30-21)20-8-7-11-29-24(20)32-26(27)37/h7-8,11-12,15,17H,3-6,9-10,13-14,16H2,1-2H3,(H,29,32,37)(H,30,31,35)/t27-/m0/s1. The lowest BCUT2D eigenvalue weighted by Gasteiger charge is -2.35. The summed E-state index contributed by atoms with van der Waals surface area (Å²) in [7, 11) is 0. The van der Waals surface area contributed by atoms with Crippen LogP contribution in [0.2, 0.25) is 0 Å². The van der Waals surface area contributed by atoms with Gasteiger partial charge in [-0.3, -0.25) is 19.4 Å². The number of nitrogens with zero attached hydrogens (tertiary/aromatic N) is 4. The summed E-state index contributed by atoms with van der Waals surface area (Å²) in [5.74, 6) is 0.593. The maximum atomic E-state index is 13.3. The maximum absolute atomic E-state index is 13.3. The first-order valence-corrected chi connectivity index (χ1v) is 13.3. The van der Waals surface area contributed by atoms with E-state index in [0.717, 1.165) is 55.2 Å². The van der Waals surface area contributed by atoms with Crippen LogP contribution in [0.25, 0.3) is 0 Å². The largest absolute Gasteiger partial charge is 0.310 e. The summed E-state index contributed by atoms with van der Waals surface area (Å²) in [4.78, 5) is 54.9. The number of carbonyl (C=O) groups excluding carboxylic acids is 3. The molecule has 1 fully saturated rings. The maximum Gasteiger partial charge on any atom is 0.270 e. The molecule has 2 N–H and O–H groups in total. The predicted molar refractivity (Wildman–Crippen MR) is 139 cm³/mol. The van der Waals surface area contributed by atoms with Crippen molar-refractivity contribution >= 4 is 35.1 Å². The number of anilines is 2. The van der Waals surface area contributed by atoms with Gasteiger partial charge in [-0.1, -0.05) is 32.8 Å². The number of fused-ring (bicyclic) bond motifs is 3. The van der Waals surface area contributed by atoms with E-state index in [0.29, 0.717) is 30.2 Å². The zero-order chi connectivity index (χ0) is 25.8. The highest BCUT2D eigenvalue weighted by Gasteiger charge is 2.51. The first-order valence-electron chi connectivity index (χ1n) is 13.3. The van der Waals surface area contributed by atoms with Crippen LogP contribution >= 0.6 is 0 Å². The molecule has 2 aromatic rings. The highest BCUT2D eigenvalue weighted by atomic mass is 16.2.